The number of halogens is 1. The van der Waals surface area contributed by atoms with Crippen LogP contribution in [0.1, 0.15) is 43.4 Å². The molecular formula is C21H24BrN. The summed E-state index contributed by atoms with van der Waals surface area (Å²) in [6.07, 6.45) is 8.82. The molecule has 0 saturated carbocycles. The van der Waals surface area contributed by atoms with Crippen molar-refractivity contribution < 1.29 is 0 Å². The lowest BCUT2D eigenvalue weighted by Gasteiger charge is -2.30. The zero-order valence-electron chi connectivity index (χ0n) is 14.4. The van der Waals surface area contributed by atoms with Crippen molar-refractivity contribution in [1.29, 1.82) is 0 Å². The van der Waals surface area contributed by atoms with Crippen molar-refractivity contribution in [2.45, 2.75) is 40.5 Å². The maximum atomic E-state index is 4.72. The van der Waals surface area contributed by atoms with Crippen LogP contribution < -0.4 is 0 Å². The number of hydrogen-bond acceptors (Lipinski definition) is 1. The van der Waals surface area contributed by atoms with Crippen LogP contribution in [0.2, 0.25) is 0 Å². The number of fused-ring (bicyclic) bond motifs is 1. The Kier molecular flexibility index (Phi) is 4.72. The second kappa shape index (κ2) is 6.60. The van der Waals surface area contributed by atoms with Gasteiger partial charge in [-0.25, -0.2) is 0 Å². The number of allylic oxidation sites excluding steroid dienone is 5. The van der Waals surface area contributed by atoms with Crippen LogP contribution in [-0.4, -0.2) is 5.71 Å². The molecule has 0 radical (unpaired) electrons. The Morgan fingerprint density at radius 3 is 2.57 bits per heavy atom. The number of rotatable bonds is 3. The molecule has 2 aliphatic rings. The Hall–Kier alpha value is -1.41. The zero-order valence-corrected chi connectivity index (χ0v) is 15.9. The summed E-state index contributed by atoms with van der Waals surface area (Å²) in [6.45, 7) is 8.88. The van der Waals surface area contributed by atoms with Gasteiger partial charge >= 0.3 is 0 Å². The Morgan fingerprint density at radius 2 is 1.91 bits per heavy atom. The van der Waals surface area contributed by atoms with E-state index in [1.165, 1.54) is 38.7 Å². The minimum atomic E-state index is 0.452. The van der Waals surface area contributed by atoms with Gasteiger partial charge in [-0.2, -0.15) is 0 Å². The van der Waals surface area contributed by atoms with Gasteiger partial charge in [0.1, 0.15) is 0 Å². The molecular weight excluding hydrogens is 346 g/mol. The smallest absolute Gasteiger partial charge is 0.0740 e. The summed E-state index contributed by atoms with van der Waals surface area (Å²) in [5, 5.41) is 0. The molecule has 2 heteroatoms. The van der Waals surface area contributed by atoms with Crippen molar-refractivity contribution in [2.75, 3.05) is 0 Å². The first-order valence-corrected chi connectivity index (χ1v) is 9.22. The molecule has 120 valence electrons. The van der Waals surface area contributed by atoms with Gasteiger partial charge < -0.3 is 0 Å². The summed E-state index contributed by atoms with van der Waals surface area (Å²) in [7, 11) is 0. The number of aryl methyl sites for hydroxylation is 2. The number of nitrogens with zero attached hydrogens (tertiary/aromatic N) is 1. The van der Waals surface area contributed by atoms with E-state index in [4.69, 9.17) is 4.99 Å². The van der Waals surface area contributed by atoms with Gasteiger partial charge in [-0.3, -0.25) is 4.99 Å². The summed E-state index contributed by atoms with van der Waals surface area (Å²) in [6, 6.07) is 6.70. The lowest BCUT2D eigenvalue weighted by molar-refractivity contribution is 0.587. The van der Waals surface area contributed by atoms with E-state index in [2.05, 4.69) is 74.0 Å². The maximum absolute atomic E-state index is 4.72. The van der Waals surface area contributed by atoms with Crippen LogP contribution in [0.15, 0.2) is 57.2 Å². The van der Waals surface area contributed by atoms with Crippen molar-refractivity contribution in [3.8, 4) is 0 Å². The molecule has 1 aromatic rings. The molecule has 0 fully saturated rings. The topological polar surface area (TPSA) is 12.4 Å². The summed E-state index contributed by atoms with van der Waals surface area (Å²) < 4.78 is 1.26. The van der Waals surface area contributed by atoms with Gasteiger partial charge in [-0.05, 0) is 56.4 Å². The molecule has 1 aliphatic carbocycles. The first-order chi connectivity index (χ1) is 11.0. The van der Waals surface area contributed by atoms with Gasteiger partial charge in [-0.15, -0.1) is 0 Å². The van der Waals surface area contributed by atoms with E-state index in [1.807, 2.05) is 6.20 Å². The first-order valence-electron chi connectivity index (χ1n) is 8.43. The predicted octanol–water partition coefficient (Wildman–Crippen LogP) is 6.26. The van der Waals surface area contributed by atoms with Crippen molar-refractivity contribution in [3.05, 3.63) is 68.9 Å². The van der Waals surface area contributed by atoms with Crippen LogP contribution in [-0.2, 0) is 0 Å². The molecule has 0 bridgehead atoms. The summed E-state index contributed by atoms with van der Waals surface area (Å²) in [4.78, 5) is 4.72. The Morgan fingerprint density at radius 1 is 1.22 bits per heavy atom. The highest BCUT2D eigenvalue weighted by Crippen LogP contribution is 2.40. The molecule has 1 unspecified atom stereocenters. The van der Waals surface area contributed by atoms with E-state index in [-0.39, 0.29) is 0 Å². The Bertz CT molecular complexity index is 729. The lowest BCUT2D eigenvalue weighted by atomic mass is 9.78. The van der Waals surface area contributed by atoms with E-state index in [0.717, 1.165) is 12.1 Å². The fraction of sp³-hybridized carbons (Fsp3) is 0.381. The van der Waals surface area contributed by atoms with Gasteiger partial charge in [0.15, 0.2) is 0 Å². The van der Waals surface area contributed by atoms with Crippen LogP contribution in [0.3, 0.4) is 0 Å². The molecule has 1 heterocycles. The number of benzene rings is 1. The van der Waals surface area contributed by atoms with E-state index in [0.29, 0.717) is 11.8 Å². The third kappa shape index (κ3) is 3.28. The third-order valence-electron chi connectivity index (χ3n) is 4.93. The average Bonchev–Trinajstić information content (AvgIpc) is 2.52. The predicted molar refractivity (Wildman–Crippen MR) is 103 cm³/mol. The molecule has 0 amide bonds. The van der Waals surface area contributed by atoms with Crippen molar-refractivity contribution in [3.63, 3.8) is 0 Å². The third-order valence-corrected chi connectivity index (χ3v) is 5.66. The van der Waals surface area contributed by atoms with E-state index >= 15 is 0 Å². The van der Waals surface area contributed by atoms with E-state index in [9.17, 15) is 0 Å². The number of hydrogen-bond donors (Lipinski definition) is 0. The SMILES string of the molecule is CCC(C)C1=C(Br)C=C2C(c3cc(C)cc(C)c3)=NC=C[C@@H]2C1. The second-order valence-corrected chi connectivity index (χ2v) is 7.64. The van der Waals surface area contributed by atoms with Crippen LogP contribution in [0.4, 0.5) is 0 Å². The van der Waals surface area contributed by atoms with Crippen LogP contribution >= 0.6 is 15.9 Å². The van der Waals surface area contributed by atoms with Gasteiger partial charge in [0.05, 0.1) is 5.71 Å². The summed E-state index contributed by atoms with van der Waals surface area (Å²) >= 11 is 3.81. The largest absolute Gasteiger partial charge is 0.256 e. The maximum Gasteiger partial charge on any atom is 0.0740 e. The fourth-order valence-corrected chi connectivity index (χ4v) is 4.33. The number of aliphatic imine (C=N–C) groups is 1. The quantitative estimate of drug-likeness (QED) is 0.595. The summed E-state index contributed by atoms with van der Waals surface area (Å²) in [5.41, 5.74) is 7.82. The highest BCUT2D eigenvalue weighted by molar-refractivity contribution is 9.11. The van der Waals surface area contributed by atoms with Crippen molar-refractivity contribution >= 4 is 21.6 Å². The van der Waals surface area contributed by atoms with Crippen molar-refractivity contribution in [2.24, 2.45) is 16.8 Å². The Labute approximate surface area is 148 Å². The fourth-order valence-electron chi connectivity index (χ4n) is 3.53. The lowest BCUT2D eigenvalue weighted by Crippen LogP contribution is -2.21. The van der Waals surface area contributed by atoms with Gasteiger partial charge in [0, 0.05) is 22.2 Å². The summed E-state index contributed by atoms with van der Waals surface area (Å²) in [5.74, 6) is 1.08. The molecule has 0 saturated heterocycles. The highest BCUT2D eigenvalue weighted by atomic mass is 79.9. The monoisotopic (exact) mass is 369 g/mol. The molecule has 0 aromatic heterocycles. The molecule has 2 atom stereocenters. The molecule has 1 aliphatic heterocycles. The molecule has 3 rings (SSSR count). The normalized spacial score (nSPS) is 21.7. The molecule has 0 spiro atoms. The minimum Gasteiger partial charge on any atom is -0.256 e. The van der Waals surface area contributed by atoms with Crippen LogP contribution in [0, 0.1) is 25.7 Å². The van der Waals surface area contributed by atoms with Crippen LogP contribution in [0.25, 0.3) is 0 Å². The highest BCUT2D eigenvalue weighted by Gasteiger charge is 2.28. The second-order valence-electron chi connectivity index (χ2n) is 6.79. The molecule has 23 heavy (non-hydrogen) atoms. The van der Waals surface area contributed by atoms with Crippen molar-refractivity contribution in [1.82, 2.24) is 0 Å². The van der Waals surface area contributed by atoms with E-state index in [1.54, 1.807) is 0 Å². The van der Waals surface area contributed by atoms with Gasteiger partial charge in [-0.1, -0.05) is 58.6 Å². The minimum absolute atomic E-state index is 0.452. The Balaban J connectivity index is 2.05. The molecule has 0 N–H and O–H groups in total. The molecule has 1 aromatic carbocycles. The van der Waals surface area contributed by atoms with Gasteiger partial charge in [0.25, 0.3) is 0 Å². The van der Waals surface area contributed by atoms with E-state index < -0.39 is 0 Å². The molecule has 1 nitrogen and oxygen atoms in total. The average molecular weight is 370 g/mol. The van der Waals surface area contributed by atoms with Gasteiger partial charge in [0.2, 0.25) is 0 Å². The standard InChI is InChI=1S/C21H24BrN/c1-5-15(4)18-11-16-6-7-23-21(19(16)12-20(18)22)17-9-13(2)8-14(3)10-17/h6-10,12,15-16H,5,11H2,1-4H3/t15?,16-/m1/s1. The van der Waals surface area contributed by atoms with Crippen LogP contribution in [0.5, 0.6) is 0 Å². The first kappa shape index (κ1) is 16.4. The zero-order chi connectivity index (χ0) is 16.6.